The SMILES string of the molecule is CCN(C(=O)c1cn(-c2cc(OC)cc(OCCCCCCCBr)c2)c2cc(OC)ccc2c1=O)c1cc(F)cc(F)c1. The molecule has 3 aromatic carbocycles. The van der Waals surface area contributed by atoms with E-state index in [1.54, 1.807) is 48.9 Å². The Bertz CT molecular complexity index is 1620. The molecule has 10 heteroatoms. The lowest BCUT2D eigenvalue weighted by Gasteiger charge is -2.22. The number of aromatic nitrogens is 1. The highest BCUT2D eigenvalue weighted by Crippen LogP contribution is 2.30. The van der Waals surface area contributed by atoms with E-state index in [1.807, 2.05) is 6.07 Å². The summed E-state index contributed by atoms with van der Waals surface area (Å²) in [6.07, 6.45) is 6.85. The zero-order valence-electron chi connectivity index (χ0n) is 24.5. The highest BCUT2D eigenvalue weighted by atomic mass is 79.9. The van der Waals surface area contributed by atoms with Crippen molar-refractivity contribution in [3.05, 3.63) is 88.2 Å². The lowest BCUT2D eigenvalue weighted by Crippen LogP contribution is -2.35. The Morgan fingerprint density at radius 2 is 1.53 bits per heavy atom. The van der Waals surface area contributed by atoms with E-state index in [-0.39, 0.29) is 23.2 Å². The van der Waals surface area contributed by atoms with Gasteiger partial charge < -0.3 is 23.7 Å². The molecule has 4 aromatic rings. The fourth-order valence-electron chi connectivity index (χ4n) is 4.90. The van der Waals surface area contributed by atoms with Crippen LogP contribution < -0.4 is 24.5 Å². The Hall–Kier alpha value is -3.92. The number of halogens is 3. The topological polar surface area (TPSA) is 70.0 Å². The molecule has 1 amide bonds. The van der Waals surface area contributed by atoms with Crippen molar-refractivity contribution >= 4 is 38.4 Å². The Balaban J connectivity index is 1.79. The lowest BCUT2D eigenvalue weighted by atomic mass is 10.1. The van der Waals surface area contributed by atoms with Crippen LogP contribution in [0.3, 0.4) is 0 Å². The van der Waals surface area contributed by atoms with Gasteiger partial charge in [0, 0.05) is 59.5 Å². The molecule has 0 aliphatic rings. The van der Waals surface area contributed by atoms with E-state index in [2.05, 4.69) is 15.9 Å². The van der Waals surface area contributed by atoms with E-state index in [0.717, 1.165) is 49.2 Å². The second kappa shape index (κ2) is 15.0. The Morgan fingerprint density at radius 1 is 0.860 bits per heavy atom. The van der Waals surface area contributed by atoms with Gasteiger partial charge in [-0.2, -0.15) is 0 Å². The van der Waals surface area contributed by atoms with Crippen molar-refractivity contribution in [1.29, 1.82) is 0 Å². The summed E-state index contributed by atoms with van der Waals surface area (Å²) in [6.45, 7) is 2.27. The number of pyridine rings is 1. The molecular formula is C33H35BrF2N2O5. The molecule has 0 N–H and O–H groups in total. The molecule has 1 aromatic heterocycles. The number of fused-ring (bicyclic) bond motifs is 1. The zero-order chi connectivity index (χ0) is 30.9. The second-order valence-corrected chi connectivity index (χ2v) is 10.8. The second-order valence-electron chi connectivity index (χ2n) is 9.97. The van der Waals surface area contributed by atoms with Gasteiger partial charge in [0.1, 0.15) is 34.4 Å². The Kier molecular flexibility index (Phi) is 11.2. The minimum Gasteiger partial charge on any atom is -0.497 e. The molecule has 43 heavy (non-hydrogen) atoms. The van der Waals surface area contributed by atoms with Crippen LogP contribution >= 0.6 is 15.9 Å². The number of amides is 1. The number of hydrogen-bond acceptors (Lipinski definition) is 5. The van der Waals surface area contributed by atoms with Gasteiger partial charge in [0.25, 0.3) is 5.91 Å². The lowest BCUT2D eigenvalue weighted by molar-refractivity contribution is 0.0987. The van der Waals surface area contributed by atoms with E-state index < -0.39 is 23.0 Å². The first-order valence-corrected chi connectivity index (χ1v) is 15.3. The summed E-state index contributed by atoms with van der Waals surface area (Å²) in [6, 6.07) is 13.1. The number of carbonyl (C=O) groups is 1. The summed E-state index contributed by atoms with van der Waals surface area (Å²) in [5.41, 5.74) is 0.395. The standard InChI is InChI=1S/C33H35BrF2N2O5/c1-4-37(24-15-22(35)14-23(36)16-24)33(40)30-21-38(31-20-26(41-2)10-11-29(31)32(30)39)25-17-27(42-3)19-28(18-25)43-13-9-7-5-6-8-12-34/h10-11,14-21H,4-9,12-13H2,1-3H3. The summed E-state index contributed by atoms with van der Waals surface area (Å²) < 4.78 is 46.8. The Labute approximate surface area is 258 Å². The first-order valence-electron chi connectivity index (χ1n) is 14.2. The number of unbranched alkanes of at least 4 members (excludes halogenated alkanes) is 4. The number of alkyl halides is 1. The van der Waals surface area contributed by atoms with Crippen LogP contribution in [0, 0.1) is 11.6 Å². The number of rotatable bonds is 14. The van der Waals surface area contributed by atoms with Crippen molar-refractivity contribution in [2.45, 2.75) is 39.0 Å². The molecule has 0 fully saturated rings. The van der Waals surface area contributed by atoms with Gasteiger partial charge in [-0.15, -0.1) is 0 Å². The van der Waals surface area contributed by atoms with E-state index in [4.69, 9.17) is 14.2 Å². The third-order valence-electron chi connectivity index (χ3n) is 7.09. The van der Waals surface area contributed by atoms with Gasteiger partial charge in [-0.1, -0.05) is 35.2 Å². The largest absolute Gasteiger partial charge is 0.497 e. The van der Waals surface area contributed by atoms with Gasteiger partial charge in [0.15, 0.2) is 0 Å². The van der Waals surface area contributed by atoms with Crippen LogP contribution in [-0.4, -0.2) is 43.2 Å². The normalized spacial score (nSPS) is 11.0. The van der Waals surface area contributed by atoms with Crippen molar-refractivity contribution in [2.24, 2.45) is 0 Å². The number of hydrogen-bond donors (Lipinski definition) is 0. The minimum atomic E-state index is -0.827. The molecule has 0 unspecified atom stereocenters. The van der Waals surface area contributed by atoms with Crippen molar-refractivity contribution < 1.29 is 27.8 Å². The predicted molar refractivity (Wildman–Crippen MR) is 169 cm³/mol. The van der Waals surface area contributed by atoms with Crippen LogP contribution in [0.4, 0.5) is 14.5 Å². The molecule has 228 valence electrons. The number of nitrogens with zero attached hydrogens (tertiary/aromatic N) is 2. The molecule has 0 atom stereocenters. The summed E-state index contributed by atoms with van der Waals surface area (Å²) >= 11 is 3.46. The minimum absolute atomic E-state index is 0.00929. The maximum atomic E-state index is 14.0. The molecule has 1 heterocycles. The zero-order valence-corrected chi connectivity index (χ0v) is 26.1. The molecule has 0 aliphatic carbocycles. The third-order valence-corrected chi connectivity index (χ3v) is 7.65. The molecule has 0 radical (unpaired) electrons. The van der Waals surface area contributed by atoms with Gasteiger partial charge in [-0.3, -0.25) is 9.59 Å². The monoisotopic (exact) mass is 656 g/mol. The molecule has 7 nitrogen and oxygen atoms in total. The van der Waals surface area contributed by atoms with Crippen molar-refractivity contribution in [1.82, 2.24) is 4.57 Å². The number of ether oxygens (including phenoxy) is 3. The Morgan fingerprint density at radius 3 is 2.21 bits per heavy atom. The average molecular weight is 658 g/mol. The van der Waals surface area contributed by atoms with E-state index in [0.29, 0.717) is 35.1 Å². The van der Waals surface area contributed by atoms with Crippen molar-refractivity contribution in [2.75, 3.05) is 37.6 Å². The first-order chi connectivity index (χ1) is 20.8. The summed E-state index contributed by atoms with van der Waals surface area (Å²) in [5.74, 6) is -0.729. The van der Waals surface area contributed by atoms with Crippen molar-refractivity contribution in [3.63, 3.8) is 0 Å². The molecule has 0 saturated carbocycles. The molecule has 4 rings (SSSR count). The maximum Gasteiger partial charge on any atom is 0.263 e. The van der Waals surface area contributed by atoms with Crippen molar-refractivity contribution in [3.8, 4) is 22.9 Å². The van der Waals surface area contributed by atoms with E-state index >= 15 is 0 Å². The molecule has 0 aliphatic heterocycles. The van der Waals surface area contributed by atoms with E-state index in [9.17, 15) is 18.4 Å². The smallest absolute Gasteiger partial charge is 0.263 e. The van der Waals surface area contributed by atoms with Gasteiger partial charge in [-0.25, -0.2) is 8.78 Å². The van der Waals surface area contributed by atoms with Crippen LogP contribution in [0.25, 0.3) is 16.6 Å². The third kappa shape index (κ3) is 7.73. The number of carbonyl (C=O) groups excluding carboxylic acids is 1. The first kappa shape index (κ1) is 32.0. The predicted octanol–water partition coefficient (Wildman–Crippen LogP) is 7.68. The summed E-state index contributed by atoms with van der Waals surface area (Å²) in [4.78, 5) is 28.7. The van der Waals surface area contributed by atoms with E-state index in [1.165, 1.54) is 24.6 Å². The fourth-order valence-corrected chi connectivity index (χ4v) is 5.29. The number of benzene rings is 3. The molecule has 0 saturated heterocycles. The highest BCUT2D eigenvalue weighted by Gasteiger charge is 2.23. The van der Waals surface area contributed by atoms with Crippen LogP contribution in [-0.2, 0) is 0 Å². The van der Waals surface area contributed by atoms with Crippen LogP contribution in [0.2, 0.25) is 0 Å². The van der Waals surface area contributed by atoms with Crippen LogP contribution in [0.1, 0.15) is 49.4 Å². The summed E-state index contributed by atoms with van der Waals surface area (Å²) in [5, 5.41) is 1.27. The molecule has 0 bridgehead atoms. The molecule has 0 spiro atoms. The fraction of sp³-hybridized carbons (Fsp3) is 0.333. The number of methoxy groups -OCH3 is 2. The van der Waals surface area contributed by atoms with Gasteiger partial charge in [-0.05, 0) is 44.0 Å². The maximum absolute atomic E-state index is 14.0. The highest BCUT2D eigenvalue weighted by molar-refractivity contribution is 9.09. The number of anilines is 1. The summed E-state index contributed by atoms with van der Waals surface area (Å²) in [7, 11) is 3.07. The quantitative estimate of drug-likeness (QED) is 0.103. The van der Waals surface area contributed by atoms with Crippen LogP contribution in [0.15, 0.2) is 65.6 Å². The molecular weight excluding hydrogens is 622 g/mol. The average Bonchev–Trinajstić information content (AvgIpc) is 3.00. The van der Waals surface area contributed by atoms with Gasteiger partial charge >= 0.3 is 0 Å². The van der Waals surface area contributed by atoms with Gasteiger partial charge in [0.2, 0.25) is 5.43 Å². The van der Waals surface area contributed by atoms with Gasteiger partial charge in [0.05, 0.1) is 32.0 Å². The van der Waals surface area contributed by atoms with Crippen LogP contribution in [0.5, 0.6) is 17.2 Å².